The minimum atomic E-state index is -0.392. The van der Waals surface area contributed by atoms with E-state index in [9.17, 15) is 9.59 Å². The van der Waals surface area contributed by atoms with Crippen LogP contribution in [0.25, 0.3) is 0 Å². The van der Waals surface area contributed by atoms with Crippen LogP contribution in [0.3, 0.4) is 0 Å². The molecule has 1 aromatic carbocycles. The van der Waals surface area contributed by atoms with Crippen molar-refractivity contribution < 1.29 is 14.3 Å². The van der Waals surface area contributed by atoms with Crippen LogP contribution in [0.15, 0.2) is 35.5 Å². The lowest BCUT2D eigenvalue weighted by Crippen LogP contribution is -2.44. The second kappa shape index (κ2) is 5.94. The first-order valence-electron chi connectivity index (χ1n) is 8.40. The average Bonchev–Trinajstić information content (AvgIpc) is 3.17. The van der Waals surface area contributed by atoms with E-state index in [1.165, 1.54) is 0 Å². The van der Waals surface area contributed by atoms with Crippen molar-refractivity contribution in [3.63, 3.8) is 0 Å². The van der Waals surface area contributed by atoms with Crippen molar-refractivity contribution in [2.75, 3.05) is 19.7 Å². The highest BCUT2D eigenvalue weighted by Crippen LogP contribution is 2.33. The lowest BCUT2D eigenvalue weighted by Gasteiger charge is -2.25. The Bertz CT molecular complexity index is 705. The number of ether oxygens (including phenoxy) is 1. The summed E-state index contributed by atoms with van der Waals surface area (Å²) in [6.45, 7) is 3.82. The molecular formula is C18H21N3O3. The Morgan fingerprint density at radius 3 is 2.75 bits per heavy atom. The Kier molecular flexibility index (Phi) is 3.76. The fourth-order valence-corrected chi connectivity index (χ4v) is 3.62. The minimum absolute atomic E-state index is 0.0152. The zero-order chi connectivity index (χ0) is 16.7. The molecule has 3 amide bonds. The maximum absolute atomic E-state index is 12.9. The molecule has 0 spiro atoms. The number of urea groups is 1. The van der Waals surface area contributed by atoms with E-state index in [0.717, 1.165) is 30.6 Å². The average molecular weight is 327 g/mol. The summed E-state index contributed by atoms with van der Waals surface area (Å²) in [4.78, 5) is 26.7. The predicted molar refractivity (Wildman–Crippen MR) is 88.2 cm³/mol. The normalized spacial score (nSPS) is 26.5. The van der Waals surface area contributed by atoms with E-state index in [1.807, 2.05) is 31.2 Å². The van der Waals surface area contributed by atoms with Crippen molar-refractivity contribution in [2.24, 2.45) is 0 Å². The molecule has 24 heavy (non-hydrogen) atoms. The molecule has 0 unspecified atom stereocenters. The number of hydrogen-bond acceptors (Lipinski definition) is 3. The van der Waals surface area contributed by atoms with Gasteiger partial charge < -0.3 is 20.3 Å². The molecule has 3 aliphatic heterocycles. The van der Waals surface area contributed by atoms with Gasteiger partial charge in [0.25, 0.3) is 5.91 Å². The number of amides is 3. The fraction of sp³-hybridized carbons (Fsp3) is 0.444. The minimum Gasteiger partial charge on any atom is -0.376 e. The van der Waals surface area contributed by atoms with E-state index >= 15 is 0 Å². The number of nitrogens with zero attached hydrogens (tertiary/aromatic N) is 1. The smallest absolute Gasteiger partial charge is 0.319 e. The van der Waals surface area contributed by atoms with Gasteiger partial charge in [0, 0.05) is 13.2 Å². The van der Waals surface area contributed by atoms with Gasteiger partial charge in [-0.25, -0.2) is 4.79 Å². The molecule has 0 aliphatic carbocycles. The van der Waals surface area contributed by atoms with Crippen molar-refractivity contribution in [3.8, 4) is 0 Å². The second-order valence-electron chi connectivity index (χ2n) is 6.66. The lowest BCUT2D eigenvalue weighted by molar-refractivity contribution is -0.127. The molecule has 0 bridgehead atoms. The van der Waals surface area contributed by atoms with Crippen LogP contribution in [-0.4, -0.2) is 42.6 Å². The highest BCUT2D eigenvalue weighted by Gasteiger charge is 2.41. The molecule has 0 aromatic heterocycles. The summed E-state index contributed by atoms with van der Waals surface area (Å²) in [5.41, 5.74) is 3.44. The van der Waals surface area contributed by atoms with Crippen LogP contribution in [0.4, 0.5) is 4.79 Å². The van der Waals surface area contributed by atoms with Crippen LogP contribution in [0, 0.1) is 6.92 Å². The zero-order valence-corrected chi connectivity index (χ0v) is 13.7. The Labute approximate surface area is 140 Å². The number of hydrogen-bond donors (Lipinski definition) is 2. The van der Waals surface area contributed by atoms with E-state index in [0.29, 0.717) is 24.4 Å². The van der Waals surface area contributed by atoms with E-state index in [4.69, 9.17) is 4.74 Å². The molecular weight excluding hydrogens is 306 g/mol. The van der Waals surface area contributed by atoms with Gasteiger partial charge in [0.05, 0.1) is 30.0 Å². The summed E-state index contributed by atoms with van der Waals surface area (Å²) in [6.07, 6.45) is 2.14. The first kappa shape index (κ1) is 15.2. The standard InChI is InChI=1S/C18H21N3O3/c1-11-4-6-12(7-5-11)16-15-14(19-18(23)20-16)10-21(17(15)22)9-13-3-2-8-24-13/h4-7,13,16H,2-3,8-10H2,1H3,(H2,19,20,23)/t13-,16-/m1/s1. The van der Waals surface area contributed by atoms with Gasteiger partial charge in [-0.05, 0) is 25.3 Å². The molecule has 1 fully saturated rings. The molecule has 126 valence electrons. The summed E-state index contributed by atoms with van der Waals surface area (Å²) in [5.74, 6) is -0.0152. The summed E-state index contributed by atoms with van der Waals surface area (Å²) < 4.78 is 5.65. The van der Waals surface area contributed by atoms with Crippen LogP contribution >= 0.6 is 0 Å². The molecule has 4 rings (SSSR count). The third kappa shape index (κ3) is 2.67. The largest absolute Gasteiger partial charge is 0.376 e. The Morgan fingerprint density at radius 2 is 2.04 bits per heavy atom. The monoisotopic (exact) mass is 327 g/mol. The van der Waals surface area contributed by atoms with Crippen LogP contribution < -0.4 is 10.6 Å². The quantitative estimate of drug-likeness (QED) is 0.886. The summed E-state index contributed by atoms with van der Waals surface area (Å²) in [7, 11) is 0. The molecule has 2 atom stereocenters. The second-order valence-corrected chi connectivity index (χ2v) is 6.66. The van der Waals surface area contributed by atoms with Crippen LogP contribution in [-0.2, 0) is 9.53 Å². The Morgan fingerprint density at radius 1 is 1.25 bits per heavy atom. The third-order valence-electron chi connectivity index (χ3n) is 4.88. The SMILES string of the molecule is Cc1ccc([C@H]2NC(=O)NC3=C2C(=O)N(C[C@H]2CCCO2)C3)cc1. The van der Waals surface area contributed by atoms with Gasteiger partial charge in [-0.2, -0.15) is 0 Å². The van der Waals surface area contributed by atoms with Gasteiger partial charge in [-0.15, -0.1) is 0 Å². The molecule has 1 saturated heterocycles. The Balaban J connectivity index is 1.60. The van der Waals surface area contributed by atoms with Gasteiger partial charge in [0.15, 0.2) is 0 Å². The predicted octanol–water partition coefficient (Wildman–Crippen LogP) is 1.62. The van der Waals surface area contributed by atoms with Gasteiger partial charge in [-0.1, -0.05) is 29.8 Å². The van der Waals surface area contributed by atoms with Gasteiger partial charge in [0.2, 0.25) is 0 Å². The maximum Gasteiger partial charge on any atom is 0.319 e. The van der Waals surface area contributed by atoms with Gasteiger partial charge in [0.1, 0.15) is 0 Å². The van der Waals surface area contributed by atoms with Crippen LogP contribution in [0.1, 0.15) is 30.0 Å². The van der Waals surface area contributed by atoms with Crippen molar-refractivity contribution in [1.29, 1.82) is 0 Å². The molecule has 6 nitrogen and oxygen atoms in total. The number of nitrogens with one attached hydrogen (secondary N) is 2. The molecule has 3 aliphatic rings. The molecule has 2 N–H and O–H groups in total. The number of benzene rings is 1. The molecule has 1 aromatic rings. The molecule has 0 radical (unpaired) electrons. The zero-order valence-electron chi connectivity index (χ0n) is 13.7. The van der Waals surface area contributed by atoms with Gasteiger partial charge >= 0.3 is 6.03 Å². The van der Waals surface area contributed by atoms with Crippen molar-refractivity contribution in [1.82, 2.24) is 15.5 Å². The fourth-order valence-electron chi connectivity index (χ4n) is 3.62. The molecule has 6 heteroatoms. The third-order valence-corrected chi connectivity index (χ3v) is 4.88. The van der Waals surface area contributed by atoms with Crippen LogP contribution in [0.2, 0.25) is 0 Å². The first-order valence-corrected chi connectivity index (χ1v) is 8.40. The maximum atomic E-state index is 12.9. The first-order chi connectivity index (χ1) is 11.6. The van der Waals surface area contributed by atoms with Gasteiger partial charge in [-0.3, -0.25) is 4.79 Å². The Hall–Kier alpha value is -2.34. The summed E-state index contributed by atoms with van der Waals surface area (Å²) >= 11 is 0. The van der Waals surface area contributed by atoms with E-state index in [2.05, 4.69) is 10.6 Å². The number of aryl methyl sites for hydroxylation is 1. The van der Waals surface area contributed by atoms with Crippen molar-refractivity contribution in [2.45, 2.75) is 31.9 Å². The van der Waals surface area contributed by atoms with E-state index in [-0.39, 0.29) is 18.0 Å². The summed E-state index contributed by atoms with van der Waals surface area (Å²) in [5, 5.41) is 5.68. The van der Waals surface area contributed by atoms with Crippen molar-refractivity contribution in [3.05, 3.63) is 46.7 Å². The topological polar surface area (TPSA) is 70.7 Å². The molecule has 0 saturated carbocycles. The number of rotatable bonds is 3. The van der Waals surface area contributed by atoms with E-state index < -0.39 is 6.04 Å². The van der Waals surface area contributed by atoms with E-state index in [1.54, 1.807) is 4.90 Å². The number of carbonyl (C=O) groups is 2. The highest BCUT2D eigenvalue weighted by atomic mass is 16.5. The lowest BCUT2D eigenvalue weighted by atomic mass is 9.95. The molecule has 3 heterocycles. The van der Waals surface area contributed by atoms with Crippen LogP contribution in [0.5, 0.6) is 0 Å². The summed E-state index contributed by atoms with van der Waals surface area (Å²) in [6, 6.07) is 7.27. The highest BCUT2D eigenvalue weighted by molar-refractivity contribution is 6.01. The number of carbonyl (C=O) groups excluding carboxylic acids is 2. The van der Waals surface area contributed by atoms with Crippen molar-refractivity contribution >= 4 is 11.9 Å².